The van der Waals surface area contributed by atoms with Gasteiger partial charge in [-0.15, -0.1) is 5.10 Å². The Labute approximate surface area is 138 Å². The second kappa shape index (κ2) is 7.12. The Kier molecular flexibility index (Phi) is 4.74. The highest BCUT2D eigenvalue weighted by Crippen LogP contribution is 2.23. The van der Waals surface area contributed by atoms with E-state index in [9.17, 15) is 9.59 Å². The number of aromatic nitrogens is 3. The van der Waals surface area contributed by atoms with Gasteiger partial charge >= 0.3 is 12.1 Å². The molecule has 0 unspecified atom stereocenters. The Morgan fingerprint density at radius 3 is 2.58 bits per heavy atom. The number of piperidine rings is 1. The number of carbonyl (C=O) groups excluding carboxylic acids is 1. The summed E-state index contributed by atoms with van der Waals surface area (Å²) in [7, 11) is 0. The first-order chi connectivity index (χ1) is 11.6. The highest BCUT2D eigenvalue weighted by Gasteiger charge is 2.27. The molecular weight excluding hydrogens is 312 g/mol. The van der Waals surface area contributed by atoms with Crippen LogP contribution in [0.25, 0.3) is 0 Å². The normalized spacial score (nSPS) is 15.2. The van der Waals surface area contributed by atoms with Crippen molar-refractivity contribution in [2.45, 2.75) is 25.5 Å². The van der Waals surface area contributed by atoms with E-state index in [1.54, 1.807) is 4.90 Å². The number of ether oxygens (including phenoxy) is 1. The van der Waals surface area contributed by atoms with E-state index in [4.69, 9.17) is 9.84 Å². The van der Waals surface area contributed by atoms with Gasteiger partial charge in [0.1, 0.15) is 6.61 Å². The molecule has 0 atom stereocenters. The fraction of sp³-hybridized carbons (Fsp3) is 0.375. The summed E-state index contributed by atoms with van der Waals surface area (Å²) in [6.45, 7) is 1.24. The summed E-state index contributed by atoms with van der Waals surface area (Å²) in [5, 5.41) is 16.6. The summed E-state index contributed by atoms with van der Waals surface area (Å²) < 4.78 is 6.74. The summed E-state index contributed by atoms with van der Waals surface area (Å²) >= 11 is 0. The maximum atomic E-state index is 12.1. The number of likely N-dealkylation sites (tertiary alicyclic amines) is 1. The van der Waals surface area contributed by atoms with Crippen molar-refractivity contribution >= 4 is 12.1 Å². The molecule has 0 bridgehead atoms. The monoisotopic (exact) mass is 330 g/mol. The molecule has 1 aliphatic rings. The minimum absolute atomic E-state index is 0.0695. The molecule has 1 aromatic carbocycles. The van der Waals surface area contributed by atoms with Crippen molar-refractivity contribution in [1.82, 2.24) is 19.9 Å². The van der Waals surface area contributed by atoms with Gasteiger partial charge in [-0.1, -0.05) is 35.5 Å². The number of carbonyl (C=O) groups is 2. The first-order valence-electron chi connectivity index (χ1n) is 7.74. The SMILES string of the molecule is O=C(O)c1cnnn1C1CCN(C(=O)OCc2ccccc2)CC1. The second-order valence-corrected chi connectivity index (χ2v) is 5.63. The van der Waals surface area contributed by atoms with E-state index in [1.165, 1.54) is 10.9 Å². The third-order valence-electron chi connectivity index (χ3n) is 4.07. The Hall–Kier alpha value is -2.90. The van der Waals surface area contributed by atoms with E-state index < -0.39 is 5.97 Å². The first-order valence-corrected chi connectivity index (χ1v) is 7.74. The number of carboxylic acid groups (broad SMARTS) is 1. The lowest BCUT2D eigenvalue weighted by molar-refractivity contribution is 0.0661. The Morgan fingerprint density at radius 1 is 1.21 bits per heavy atom. The van der Waals surface area contributed by atoms with Crippen molar-refractivity contribution < 1.29 is 19.4 Å². The molecule has 0 saturated carbocycles. The highest BCUT2D eigenvalue weighted by molar-refractivity contribution is 5.85. The first kappa shape index (κ1) is 16.0. The summed E-state index contributed by atoms with van der Waals surface area (Å²) in [4.78, 5) is 24.9. The van der Waals surface area contributed by atoms with Crippen LogP contribution >= 0.6 is 0 Å². The molecule has 0 spiro atoms. The van der Waals surface area contributed by atoms with Gasteiger partial charge in [0.05, 0.1) is 12.2 Å². The van der Waals surface area contributed by atoms with Crippen LogP contribution in [0.4, 0.5) is 4.79 Å². The molecule has 3 rings (SSSR count). The van der Waals surface area contributed by atoms with E-state index in [2.05, 4.69) is 10.3 Å². The Balaban J connectivity index is 1.52. The van der Waals surface area contributed by atoms with E-state index >= 15 is 0 Å². The van der Waals surface area contributed by atoms with Crippen LogP contribution in [0.15, 0.2) is 36.5 Å². The standard InChI is InChI=1S/C16H18N4O4/c21-15(22)14-10-17-18-20(14)13-6-8-19(9-7-13)16(23)24-11-12-4-2-1-3-5-12/h1-5,10,13H,6-9,11H2,(H,21,22). The van der Waals surface area contributed by atoms with Gasteiger partial charge in [0.25, 0.3) is 0 Å². The van der Waals surface area contributed by atoms with E-state index in [-0.39, 0.29) is 24.4 Å². The van der Waals surface area contributed by atoms with Crippen LogP contribution < -0.4 is 0 Å². The van der Waals surface area contributed by atoms with Gasteiger partial charge in [-0.05, 0) is 18.4 Å². The van der Waals surface area contributed by atoms with Gasteiger partial charge < -0.3 is 14.7 Å². The molecule has 8 nitrogen and oxygen atoms in total. The molecule has 0 radical (unpaired) electrons. The molecule has 8 heteroatoms. The molecule has 1 aliphatic heterocycles. The van der Waals surface area contributed by atoms with Crippen molar-refractivity contribution in [3.63, 3.8) is 0 Å². The van der Waals surface area contributed by atoms with Crippen LogP contribution in [0.3, 0.4) is 0 Å². The minimum atomic E-state index is -1.05. The maximum Gasteiger partial charge on any atom is 0.410 e. The number of benzene rings is 1. The molecule has 1 fully saturated rings. The number of hydrogen-bond donors (Lipinski definition) is 1. The molecule has 2 aromatic rings. The molecular formula is C16H18N4O4. The largest absolute Gasteiger partial charge is 0.476 e. The third kappa shape index (κ3) is 3.53. The molecule has 24 heavy (non-hydrogen) atoms. The van der Waals surface area contributed by atoms with Gasteiger partial charge in [0.2, 0.25) is 0 Å². The topological polar surface area (TPSA) is 97.5 Å². The lowest BCUT2D eigenvalue weighted by atomic mass is 10.1. The molecule has 1 N–H and O–H groups in total. The van der Waals surface area contributed by atoms with Gasteiger partial charge in [0, 0.05) is 13.1 Å². The summed E-state index contributed by atoms with van der Waals surface area (Å²) in [5.41, 5.74) is 1.01. The minimum Gasteiger partial charge on any atom is -0.476 e. The smallest absolute Gasteiger partial charge is 0.410 e. The van der Waals surface area contributed by atoms with Crippen molar-refractivity contribution in [1.29, 1.82) is 0 Å². The predicted molar refractivity (Wildman–Crippen MR) is 83.5 cm³/mol. The van der Waals surface area contributed by atoms with Crippen LogP contribution in [0.5, 0.6) is 0 Å². The fourth-order valence-corrected chi connectivity index (χ4v) is 2.77. The van der Waals surface area contributed by atoms with Gasteiger partial charge in [-0.3, -0.25) is 0 Å². The van der Waals surface area contributed by atoms with Crippen LogP contribution in [-0.4, -0.2) is 50.2 Å². The Morgan fingerprint density at radius 2 is 1.92 bits per heavy atom. The number of nitrogens with zero attached hydrogens (tertiary/aromatic N) is 4. The fourth-order valence-electron chi connectivity index (χ4n) is 2.77. The quantitative estimate of drug-likeness (QED) is 0.920. The summed E-state index contributed by atoms with van der Waals surface area (Å²) in [5.74, 6) is -1.05. The lowest BCUT2D eigenvalue weighted by Gasteiger charge is -2.31. The third-order valence-corrected chi connectivity index (χ3v) is 4.07. The zero-order valence-corrected chi connectivity index (χ0v) is 13.0. The summed E-state index contributed by atoms with van der Waals surface area (Å²) in [6, 6.07) is 9.43. The maximum absolute atomic E-state index is 12.1. The second-order valence-electron chi connectivity index (χ2n) is 5.63. The number of carboxylic acids is 1. The molecule has 1 aromatic heterocycles. The highest BCUT2D eigenvalue weighted by atomic mass is 16.6. The predicted octanol–water partition coefficient (Wildman–Crippen LogP) is 1.95. The molecule has 2 heterocycles. The van der Waals surface area contributed by atoms with Crippen LogP contribution in [-0.2, 0) is 11.3 Å². The van der Waals surface area contributed by atoms with E-state index in [0.29, 0.717) is 25.9 Å². The number of hydrogen-bond acceptors (Lipinski definition) is 5. The average Bonchev–Trinajstić information content (AvgIpc) is 3.11. The number of aromatic carboxylic acids is 1. The molecule has 0 aliphatic carbocycles. The van der Waals surface area contributed by atoms with Crippen molar-refractivity contribution in [2.75, 3.05) is 13.1 Å². The number of amides is 1. The number of rotatable bonds is 4. The average molecular weight is 330 g/mol. The van der Waals surface area contributed by atoms with E-state index in [0.717, 1.165) is 5.56 Å². The molecule has 1 saturated heterocycles. The van der Waals surface area contributed by atoms with Crippen LogP contribution in [0.1, 0.15) is 34.9 Å². The molecule has 126 valence electrons. The summed E-state index contributed by atoms with van der Waals surface area (Å²) in [6.07, 6.45) is 2.12. The van der Waals surface area contributed by atoms with Crippen molar-refractivity contribution in [2.24, 2.45) is 0 Å². The zero-order chi connectivity index (χ0) is 16.9. The zero-order valence-electron chi connectivity index (χ0n) is 13.0. The van der Waals surface area contributed by atoms with Crippen LogP contribution in [0.2, 0.25) is 0 Å². The molecule has 1 amide bonds. The van der Waals surface area contributed by atoms with Gasteiger partial charge in [0.15, 0.2) is 5.69 Å². The lowest BCUT2D eigenvalue weighted by Crippen LogP contribution is -2.39. The van der Waals surface area contributed by atoms with Gasteiger partial charge in [-0.2, -0.15) is 0 Å². The van der Waals surface area contributed by atoms with Crippen LogP contribution in [0, 0.1) is 0 Å². The Bertz CT molecular complexity index is 708. The van der Waals surface area contributed by atoms with Gasteiger partial charge in [-0.25, -0.2) is 14.3 Å². The van der Waals surface area contributed by atoms with E-state index in [1.807, 2.05) is 30.3 Å². The van der Waals surface area contributed by atoms with Crippen molar-refractivity contribution in [3.8, 4) is 0 Å². The van der Waals surface area contributed by atoms with Crippen molar-refractivity contribution in [3.05, 3.63) is 47.8 Å².